The smallest absolute Gasteiger partial charge is 0.0235 e. The van der Waals surface area contributed by atoms with Crippen molar-refractivity contribution in [3.05, 3.63) is 0 Å². The molecular weight excluding hydrogens is 210 g/mol. The lowest BCUT2D eigenvalue weighted by Gasteiger charge is -2.43. The van der Waals surface area contributed by atoms with Gasteiger partial charge in [0.15, 0.2) is 0 Å². The number of piperidine rings is 1. The van der Waals surface area contributed by atoms with Crippen molar-refractivity contribution in [2.24, 2.45) is 11.7 Å². The van der Waals surface area contributed by atoms with Crippen LogP contribution in [0.5, 0.6) is 0 Å². The molecule has 0 spiro atoms. The molecule has 3 aliphatic rings. The molecule has 2 heterocycles. The molecule has 2 aliphatic heterocycles. The zero-order chi connectivity index (χ0) is 11.7. The van der Waals surface area contributed by atoms with E-state index in [0.29, 0.717) is 0 Å². The Bertz CT molecular complexity index is 240. The molecule has 2 N–H and O–H groups in total. The monoisotopic (exact) mass is 237 g/mol. The van der Waals surface area contributed by atoms with Gasteiger partial charge in [-0.25, -0.2) is 0 Å². The summed E-state index contributed by atoms with van der Waals surface area (Å²) in [4.78, 5) is 5.49. The summed E-state index contributed by atoms with van der Waals surface area (Å²) in [6.45, 7) is 6.24. The highest BCUT2D eigenvalue weighted by molar-refractivity contribution is 4.95. The third-order valence-electron chi connectivity index (χ3n) is 5.25. The van der Waals surface area contributed by atoms with E-state index in [-0.39, 0.29) is 0 Å². The first-order valence-electron chi connectivity index (χ1n) is 7.56. The fourth-order valence-electron chi connectivity index (χ4n) is 3.96. The SMILES string of the molecule is NCC1CCC1N1CCC(N2CCCCC2)C1. The van der Waals surface area contributed by atoms with Crippen molar-refractivity contribution < 1.29 is 0 Å². The molecule has 1 saturated carbocycles. The van der Waals surface area contributed by atoms with Crippen LogP contribution in [0, 0.1) is 5.92 Å². The number of hydrogen-bond acceptors (Lipinski definition) is 3. The minimum atomic E-state index is 0.801. The predicted octanol–water partition coefficient (Wildman–Crippen LogP) is 1.28. The highest BCUT2D eigenvalue weighted by Crippen LogP contribution is 2.34. The Kier molecular flexibility index (Phi) is 3.69. The molecule has 0 aromatic heterocycles. The summed E-state index contributed by atoms with van der Waals surface area (Å²) in [6, 6.07) is 1.68. The van der Waals surface area contributed by atoms with Crippen molar-refractivity contribution in [2.45, 2.75) is 50.6 Å². The Hall–Kier alpha value is -0.120. The average Bonchev–Trinajstić information content (AvgIpc) is 2.79. The first-order chi connectivity index (χ1) is 8.38. The Morgan fingerprint density at radius 3 is 2.35 bits per heavy atom. The van der Waals surface area contributed by atoms with Crippen molar-refractivity contribution in [1.82, 2.24) is 9.80 Å². The zero-order valence-electron chi connectivity index (χ0n) is 11.0. The molecule has 2 saturated heterocycles. The minimum Gasteiger partial charge on any atom is -0.330 e. The Balaban J connectivity index is 1.51. The van der Waals surface area contributed by atoms with Crippen LogP contribution in [-0.4, -0.2) is 54.6 Å². The van der Waals surface area contributed by atoms with Crippen LogP contribution in [0.3, 0.4) is 0 Å². The van der Waals surface area contributed by atoms with Gasteiger partial charge in [0.05, 0.1) is 0 Å². The van der Waals surface area contributed by atoms with Gasteiger partial charge in [-0.3, -0.25) is 9.80 Å². The number of likely N-dealkylation sites (tertiary alicyclic amines) is 2. The van der Waals surface area contributed by atoms with Crippen LogP contribution in [0.2, 0.25) is 0 Å². The maximum atomic E-state index is 5.83. The minimum absolute atomic E-state index is 0.801. The maximum absolute atomic E-state index is 5.83. The van der Waals surface area contributed by atoms with Crippen molar-refractivity contribution in [1.29, 1.82) is 0 Å². The second-order valence-electron chi connectivity index (χ2n) is 6.17. The zero-order valence-corrected chi connectivity index (χ0v) is 11.0. The molecule has 3 rings (SSSR count). The topological polar surface area (TPSA) is 32.5 Å². The second-order valence-corrected chi connectivity index (χ2v) is 6.17. The van der Waals surface area contributed by atoms with E-state index in [1.165, 1.54) is 64.7 Å². The van der Waals surface area contributed by atoms with Gasteiger partial charge in [-0.15, -0.1) is 0 Å². The molecule has 3 fully saturated rings. The van der Waals surface area contributed by atoms with E-state index >= 15 is 0 Å². The summed E-state index contributed by atoms with van der Waals surface area (Å²) in [7, 11) is 0. The molecule has 0 radical (unpaired) electrons. The van der Waals surface area contributed by atoms with Gasteiger partial charge in [0.1, 0.15) is 0 Å². The first-order valence-corrected chi connectivity index (χ1v) is 7.56. The fourth-order valence-corrected chi connectivity index (χ4v) is 3.96. The summed E-state index contributed by atoms with van der Waals surface area (Å²) < 4.78 is 0. The molecule has 1 aliphatic carbocycles. The third kappa shape index (κ3) is 2.38. The fraction of sp³-hybridized carbons (Fsp3) is 1.00. The molecule has 3 heteroatoms. The van der Waals surface area contributed by atoms with Gasteiger partial charge < -0.3 is 5.73 Å². The standard InChI is InChI=1S/C14H27N3/c15-10-12-4-5-14(12)17-9-6-13(11-17)16-7-2-1-3-8-16/h12-14H,1-11,15H2. The lowest BCUT2D eigenvalue weighted by Crippen LogP contribution is -2.50. The Labute approximate surface area is 105 Å². The van der Waals surface area contributed by atoms with E-state index < -0.39 is 0 Å². The molecule has 3 unspecified atom stereocenters. The van der Waals surface area contributed by atoms with Crippen LogP contribution < -0.4 is 5.73 Å². The van der Waals surface area contributed by atoms with Crippen LogP contribution in [0.4, 0.5) is 0 Å². The Morgan fingerprint density at radius 1 is 0.882 bits per heavy atom. The average molecular weight is 237 g/mol. The number of nitrogens with two attached hydrogens (primary N) is 1. The molecule has 3 atom stereocenters. The molecule has 3 nitrogen and oxygen atoms in total. The van der Waals surface area contributed by atoms with Crippen LogP contribution >= 0.6 is 0 Å². The van der Waals surface area contributed by atoms with Crippen molar-refractivity contribution in [3.63, 3.8) is 0 Å². The molecule has 17 heavy (non-hydrogen) atoms. The van der Waals surface area contributed by atoms with Gasteiger partial charge in [-0.1, -0.05) is 6.42 Å². The quantitative estimate of drug-likeness (QED) is 0.803. The van der Waals surface area contributed by atoms with Gasteiger partial charge >= 0.3 is 0 Å². The number of rotatable bonds is 3. The molecular formula is C14H27N3. The van der Waals surface area contributed by atoms with Gasteiger partial charge in [0, 0.05) is 25.2 Å². The highest BCUT2D eigenvalue weighted by Gasteiger charge is 2.39. The van der Waals surface area contributed by atoms with E-state index in [9.17, 15) is 0 Å². The van der Waals surface area contributed by atoms with E-state index in [1.54, 1.807) is 0 Å². The van der Waals surface area contributed by atoms with E-state index in [4.69, 9.17) is 5.73 Å². The lowest BCUT2D eigenvalue weighted by atomic mass is 9.78. The largest absolute Gasteiger partial charge is 0.330 e. The second kappa shape index (κ2) is 5.25. The summed E-state index contributed by atoms with van der Waals surface area (Å²) in [6.07, 6.45) is 8.45. The molecule has 0 aromatic carbocycles. The summed E-state index contributed by atoms with van der Waals surface area (Å²) in [5, 5.41) is 0. The summed E-state index contributed by atoms with van der Waals surface area (Å²) >= 11 is 0. The van der Waals surface area contributed by atoms with Crippen LogP contribution in [-0.2, 0) is 0 Å². The van der Waals surface area contributed by atoms with Gasteiger partial charge in [0.25, 0.3) is 0 Å². The van der Waals surface area contributed by atoms with Crippen LogP contribution in [0.25, 0.3) is 0 Å². The maximum Gasteiger partial charge on any atom is 0.0235 e. The lowest BCUT2D eigenvalue weighted by molar-refractivity contribution is 0.0756. The Morgan fingerprint density at radius 2 is 1.71 bits per heavy atom. The van der Waals surface area contributed by atoms with Gasteiger partial charge in [-0.2, -0.15) is 0 Å². The van der Waals surface area contributed by atoms with E-state index in [2.05, 4.69) is 9.80 Å². The van der Waals surface area contributed by atoms with Crippen molar-refractivity contribution in [3.8, 4) is 0 Å². The van der Waals surface area contributed by atoms with Gasteiger partial charge in [0.2, 0.25) is 0 Å². The molecule has 98 valence electrons. The first kappa shape index (κ1) is 11.9. The normalized spacial score (nSPS) is 40.4. The molecule has 0 amide bonds. The van der Waals surface area contributed by atoms with Crippen LogP contribution in [0.15, 0.2) is 0 Å². The number of nitrogens with zero attached hydrogens (tertiary/aromatic N) is 2. The van der Waals surface area contributed by atoms with E-state index in [0.717, 1.165) is 24.5 Å². The highest BCUT2D eigenvalue weighted by atomic mass is 15.3. The van der Waals surface area contributed by atoms with Gasteiger partial charge in [-0.05, 0) is 57.7 Å². The summed E-state index contributed by atoms with van der Waals surface area (Å²) in [5.41, 5.74) is 5.83. The van der Waals surface area contributed by atoms with Crippen molar-refractivity contribution in [2.75, 3.05) is 32.7 Å². The van der Waals surface area contributed by atoms with Crippen LogP contribution in [0.1, 0.15) is 38.5 Å². The number of hydrogen-bond donors (Lipinski definition) is 1. The predicted molar refractivity (Wildman–Crippen MR) is 71.0 cm³/mol. The van der Waals surface area contributed by atoms with E-state index in [1.807, 2.05) is 0 Å². The molecule has 0 bridgehead atoms. The summed E-state index contributed by atoms with van der Waals surface area (Å²) in [5.74, 6) is 0.801. The molecule has 0 aromatic rings. The van der Waals surface area contributed by atoms with Crippen molar-refractivity contribution >= 4 is 0 Å². The third-order valence-corrected chi connectivity index (χ3v) is 5.25.